The van der Waals surface area contributed by atoms with Gasteiger partial charge in [-0.2, -0.15) is 9.78 Å². The Morgan fingerprint density at radius 3 is 2.60 bits per heavy atom. The molecule has 5 aromatic rings. The molecule has 0 aliphatic heterocycles. The number of ether oxygens (including phenoxy) is 2. The van der Waals surface area contributed by atoms with Crippen LogP contribution in [-0.2, 0) is 4.79 Å². The molecule has 1 heterocycles. The number of aromatic nitrogens is 2. The van der Waals surface area contributed by atoms with Crippen LogP contribution in [0.4, 0.5) is 10.1 Å². The zero-order chi connectivity index (χ0) is 32.2. The minimum absolute atomic E-state index is 0.0354. The van der Waals surface area contributed by atoms with E-state index in [4.69, 9.17) is 26.1 Å². The number of halogens is 3. The largest absolute Gasteiger partial charge is 0.496 e. The van der Waals surface area contributed by atoms with Gasteiger partial charge in [-0.05, 0) is 88.4 Å². The van der Waals surface area contributed by atoms with Crippen LogP contribution in [0.3, 0.4) is 0 Å². The topological polar surface area (TPSA) is 94.8 Å². The number of carbonyl (C=O) groups excluding carboxylic acids is 1. The summed E-state index contributed by atoms with van der Waals surface area (Å²) in [4.78, 5) is 31.3. The number of hydrogen-bond donors (Lipinski definition) is 1. The van der Waals surface area contributed by atoms with Crippen molar-refractivity contribution < 1.29 is 18.7 Å². The third kappa shape index (κ3) is 6.92. The number of hydrogen-bond acceptors (Lipinski definition) is 6. The molecule has 0 saturated heterocycles. The van der Waals surface area contributed by atoms with Gasteiger partial charge in [-0.3, -0.25) is 9.59 Å². The Bertz CT molecular complexity index is 2010. The zero-order valence-electron chi connectivity index (χ0n) is 24.9. The van der Waals surface area contributed by atoms with Crippen LogP contribution < -0.4 is 20.3 Å². The molecule has 11 heteroatoms. The number of amides is 1. The molecule has 4 aromatic carbocycles. The molecular weight excluding hydrogens is 663 g/mol. The number of nitrogens with zero attached hydrogens (tertiary/aromatic N) is 3. The summed E-state index contributed by atoms with van der Waals surface area (Å²) in [7, 11) is 1.63. The van der Waals surface area contributed by atoms with Crippen molar-refractivity contribution in [2.24, 2.45) is 5.10 Å². The highest BCUT2D eigenvalue weighted by atomic mass is 79.9. The number of methoxy groups -OCH3 is 1. The van der Waals surface area contributed by atoms with Crippen LogP contribution in [-0.4, -0.2) is 35.5 Å². The normalized spacial score (nSPS) is 11.4. The average molecular weight is 692 g/mol. The number of rotatable bonds is 9. The first-order valence-electron chi connectivity index (χ1n) is 14.0. The molecule has 0 aliphatic rings. The SMILES string of the molecule is COc1cc(C)c(-c2nc3ccccc3c(=O)n2N=Cc2cc(Cl)cc(Br)c2OCC(=O)Nc2ccccc2F)cc1C(C)C. The first kappa shape index (κ1) is 31.9. The third-order valence-electron chi connectivity index (χ3n) is 7.04. The lowest BCUT2D eigenvalue weighted by atomic mass is 9.96. The van der Waals surface area contributed by atoms with Gasteiger partial charge >= 0.3 is 0 Å². The van der Waals surface area contributed by atoms with Gasteiger partial charge in [-0.1, -0.05) is 49.7 Å². The molecule has 0 bridgehead atoms. The highest BCUT2D eigenvalue weighted by molar-refractivity contribution is 9.10. The fraction of sp³-hybridized carbons (Fsp3) is 0.176. The number of nitrogens with one attached hydrogen (secondary N) is 1. The van der Waals surface area contributed by atoms with Gasteiger partial charge in [0.1, 0.15) is 17.3 Å². The number of carbonyl (C=O) groups is 1. The molecular formula is C34H29BrClFN4O4. The van der Waals surface area contributed by atoms with Gasteiger partial charge in [0.05, 0.1) is 34.4 Å². The maximum atomic E-state index is 14.0. The average Bonchev–Trinajstić information content (AvgIpc) is 3.00. The second-order valence-electron chi connectivity index (χ2n) is 10.5. The number of benzene rings is 4. The van der Waals surface area contributed by atoms with E-state index >= 15 is 0 Å². The molecule has 8 nitrogen and oxygen atoms in total. The van der Waals surface area contributed by atoms with Crippen LogP contribution >= 0.6 is 27.5 Å². The lowest BCUT2D eigenvalue weighted by molar-refractivity contribution is -0.118. The van der Waals surface area contributed by atoms with Crippen LogP contribution in [0.15, 0.2) is 87.2 Å². The predicted molar refractivity (Wildman–Crippen MR) is 179 cm³/mol. The Kier molecular flexibility index (Phi) is 9.65. The maximum Gasteiger partial charge on any atom is 0.282 e. The van der Waals surface area contributed by atoms with Gasteiger partial charge in [0, 0.05) is 16.1 Å². The number of fused-ring (bicyclic) bond motifs is 1. The smallest absolute Gasteiger partial charge is 0.282 e. The van der Waals surface area contributed by atoms with E-state index in [-0.39, 0.29) is 22.9 Å². The van der Waals surface area contributed by atoms with E-state index in [1.165, 1.54) is 29.1 Å². The van der Waals surface area contributed by atoms with Crippen molar-refractivity contribution in [2.75, 3.05) is 19.0 Å². The first-order valence-corrected chi connectivity index (χ1v) is 15.2. The standard InChI is InChI=1S/C34H29BrClFN4O4/c1-19(2)24-16-25(20(3)13-30(24)44-4)33-40-28-11-7-5-9-23(28)34(43)41(33)38-17-21-14-22(36)15-26(35)32(21)45-18-31(42)39-29-12-8-6-10-27(29)37/h5-17,19H,18H2,1-4H3,(H,39,42). The molecule has 1 amide bonds. The second kappa shape index (κ2) is 13.6. The summed E-state index contributed by atoms with van der Waals surface area (Å²) in [6, 6.07) is 20.0. The molecule has 0 atom stereocenters. The summed E-state index contributed by atoms with van der Waals surface area (Å²) >= 11 is 9.80. The number of aryl methyl sites for hydroxylation is 1. The quantitative estimate of drug-likeness (QED) is 0.158. The lowest BCUT2D eigenvalue weighted by Crippen LogP contribution is -2.22. The van der Waals surface area contributed by atoms with Crippen molar-refractivity contribution in [1.82, 2.24) is 9.66 Å². The minimum atomic E-state index is -0.571. The van der Waals surface area contributed by atoms with Gasteiger partial charge in [-0.15, -0.1) is 0 Å². The van der Waals surface area contributed by atoms with E-state index in [0.29, 0.717) is 37.3 Å². The van der Waals surface area contributed by atoms with Crippen molar-refractivity contribution in [3.63, 3.8) is 0 Å². The monoisotopic (exact) mass is 690 g/mol. The Hall–Kier alpha value is -4.54. The van der Waals surface area contributed by atoms with Crippen molar-refractivity contribution in [2.45, 2.75) is 26.7 Å². The predicted octanol–water partition coefficient (Wildman–Crippen LogP) is 7.96. The van der Waals surface area contributed by atoms with Gasteiger partial charge in [0.25, 0.3) is 11.5 Å². The Morgan fingerprint density at radius 1 is 1.13 bits per heavy atom. The van der Waals surface area contributed by atoms with Crippen LogP contribution in [0.1, 0.15) is 36.5 Å². The maximum absolute atomic E-state index is 14.0. The summed E-state index contributed by atoms with van der Waals surface area (Å²) in [5.74, 6) is 0.335. The number of para-hydroxylation sites is 2. The zero-order valence-corrected chi connectivity index (χ0v) is 27.2. The molecule has 0 aliphatic carbocycles. The van der Waals surface area contributed by atoms with Crippen LogP contribution in [0.5, 0.6) is 11.5 Å². The van der Waals surface area contributed by atoms with Gasteiger partial charge in [0.2, 0.25) is 0 Å². The van der Waals surface area contributed by atoms with Crippen molar-refractivity contribution in [1.29, 1.82) is 0 Å². The molecule has 1 N–H and O–H groups in total. The van der Waals surface area contributed by atoms with Crippen molar-refractivity contribution in [3.8, 4) is 22.9 Å². The second-order valence-corrected chi connectivity index (χ2v) is 11.8. The molecule has 1 aromatic heterocycles. The van der Waals surface area contributed by atoms with Crippen LogP contribution in [0.25, 0.3) is 22.3 Å². The third-order valence-corrected chi connectivity index (χ3v) is 7.85. The molecule has 5 rings (SSSR count). The molecule has 230 valence electrons. The summed E-state index contributed by atoms with van der Waals surface area (Å²) in [5.41, 5.74) is 3.09. The summed E-state index contributed by atoms with van der Waals surface area (Å²) in [6.07, 6.45) is 1.42. The van der Waals surface area contributed by atoms with Crippen LogP contribution in [0, 0.1) is 12.7 Å². The minimum Gasteiger partial charge on any atom is -0.496 e. The van der Waals surface area contributed by atoms with Crippen molar-refractivity contribution >= 4 is 56.2 Å². The Morgan fingerprint density at radius 2 is 1.87 bits per heavy atom. The highest BCUT2D eigenvalue weighted by Gasteiger charge is 2.19. The molecule has 0 unspecified atom stereocenters. The lowest BCUT2D eigenvalue weighted by Gasteiger charge is -2.17. The molecule has 0 fully saturated rings. The van der Waals surface area contributed by atoms with Gasteiger partial charge in [0.15, 0.2) is 12.4 Å². The summed E-state index contributed by atoms with van der Waals surface area (Å²) in [5, 5.41) is 7.83. The van der Waals surface area contributed by atoms with Gasteiger partial charge < -0.3 is 14.8 Å². The van der Waals surface area contributed by atoms with Crippen LogP contribution in [0.2, 0.25) is 5.02 Å². The summed E-state index contributed by atoms with van der Waals surface area (Å²) < 4.78 is 27.2. The molecule has 0 saturated carbocycles. The Labute approximate surface area is 272 Å². The summed E-state index contributed by atoms with van der Waals surface area (Å²) in [6.45, 7) is 5.61. The molecule has 45 heavy (non-hydrogen) atoms. The molecule has 0 spiro atoms. The first-order chi connectivity index (χ1) is 21.6. The highest BCUT2D eigenvalue weighted by Crippen LogP contribution is 2.35. The fourth-order valence-electron chi connectivity index (χ4n) is 4.81. The van der Waals surface area contributed by atoms with E-state index < -0.39 is 18.3 Å². The Balaban J connectivity index is 1.58. The van der Waals surface area contributed by atoms with E-state index in [9.17, 15) is 14.0 Å². The van der Waals surface area contributed by atoms with E-state index in [0.717, 1.165) is 16.9 Å². The van der Waals surface area contributed by atoms with E-state index in [1.807, 2.05) is 25.1 Å². The van der Waals surface area contributed by atoms with Crippen molar-refractivity contribution in [3.05, 3.63) is 115 Å². The van der Waals surface area contributed by atoms with E-state index in [2.05, 4.69) is 40.2 Å². The number of anilines is 1. The fourth-order valence-corrected chi connectivity index (χ4v) is 5.76. The van der Waals surface area contributed by atoms with Gasteiger partial charge in [-0.25, -0.2) is 9.37 Å². The molecule has 0 radical (unpaired) electrons. The van der Waals surface area contributed by atoms with E-state index in [1.54, 1.807) is 43.5 Å².